The predicted molar refractivity (Wildman–Crippen MR) is 93.1 cm³/mol. The van der Waals surface area contributed by atoms with Crippen LogP contribution < -0.4 is 10.2 Å². The average Bonchev–Trinajstić information content (AvgIpc) is 2.62. The summed E-state index contributed by atoms with van der Waals surface area (Å²) in [6, 6.07) is 9.18. The summed E-state index contributed by atoms with van der Waals surface area (Å²) in [4.78, 5) is 31.7. The fraction of sp³-hybridized carbons (Fsp3) is 0.278. The minimum absolute atomic E-state index is 0.0853. The van der Waals surface area contributed by atoms with Crippen LogP contribution in [-0.2, 0) is 4.79 Å². The monoisotopic (exact) mass is 342 g/mol. The van der Waals surface area contributed by atoms with E-state index in [1.165, 1.54) is 18.2 Å². The molecule has 1 saturated heterocycles. The lowest BCUT2D eigenvalue weighted by molar-refractivity contribution is -0.129. The molecule has 1 aliphatic rings. The number of halogens is 1. The fourth-order valence-corrected chi connectivity index (χ4v) is 2.75. The molecule has 3 rings (SSSR count). The number of piperazine rings is 1. The molecule has 0 radical (unpaired) electrons. The average molecular weight is 342 g/mol. The molecule has 0 atom stereocenters. The van der Waals surface area contributed by atoms with E-state index in [0.29, 0.717) is 18.8 Å². The van der Waals surface area contributed by atoms with E-state index in [4.69, 9.17) is 0 Å². The van der Waals surface area contributed by atoms with Crippen LogP contribution in [0.5, 0.6) is 0 Å². The largest absolute Gasteiger partial charge is 0.367 e. The van der Waals surface area contributed by atoms with Crippen LogP contribution in [0.25, 0.3) is 0 Å². The Hall–Kier alpha value is -2.96. The highest BCUT2D eigenvalue weighted by Gasteiger charge is 2.19. The van der Waals surface area contributed by atoms with Crippen molar-refractivity contribution >= 4 is 23.2 Å². The Morgan fingerprint density at radius 2 is 1.88 bits per heavy atom. The molecule has 2 amide bonds. The fourth-order valence-electron chi connectivity index (χ4n) is 2.75. The Morgan fingerprint density at radius 1 is 1.12 bits per heavy atom. The van der Waals surface area contributed by atoms with Crippen molar-refractivity contribution in [1.82, 2.24) is 9.88 Å². The number of benzene rings is 1. The first-order valence-corrected chi connectivity index (χ1v) is 8.06. The molecule has 0 bridgehead atoms. The quantitative estimate of drug-likeness (QED) is 0.928. The molecule has 7 heteroatoms. The summed E-state index contributed by atoms with van der Waals surface area (Å²) in [7, 11) is 0. The zero-order valence-corrected chi connectivity index (χ0v) is 13.9. The molecule has 130 valence electrons. The van der Waals surface area contributed by atoms with Gasteiger partial charge in [0.15, 0.2) is 0 Å². The summed E-state index contributed by atoms with van der Waals surface area (Å²) in [5, 5.41) is 2.62. The van der Waals surface area contributed by atoms with E-state index in [-0.39, 0.29) is 11.6 Å². The molecule has 1 aromatic heterocycles. The topological polar surface area (TPSA) is 65.5 Å². The molecule has 25 heavy (non-hydrogen) atoms. The van der Waals surface area contributed by atoms with Crippen LogP contribution in [0, 0.1) is 5.82 Å². The van der Waals surface area contributed by atoms with Gasteiger partial charge in [-0.2, -0.15) is 0 Å². The highest BCUT2D eigenvalue weighted by atomic mass is 19.1. The van der Waals surface area contributed by atoms with Crippen molar-refractivity contribution in [2.75, 3.05) is 36.4 Å². The van der Waals surface area contributed by atoms with Gasteiger partial charge in [-0.05, 0) is 30.3 Å². The number of rotatable bonds is 3. The maximum absolute atomic E-state index is 13.2. The van der Waals surface area contributed by atoms with Gasteiger partial charge in [0, 0.05) is 38.8 Å². The Bertz CT molecular complexity index is 771. The van der Waals surface area contributed by atoms with Crippen molar-refractivity contribution in [1.29, 1.82) is 0 Å². The van der Waals surface area contributed by atoms with Crippen LogP contribution in [0.3, 0.4) is 0 Å². The number of hydrogen-bond acceptors (Lipinski definition) is 4. The van der Waals surface area contributed by atoms with Crippen LogP contribution in [-0.4, -0.2) is 47.9 Å². The van der Waals surface area contributed by atoms with Crippen molar-refractivity contribution < 1.29 is 14.0 Å². The van der Waals surface area contributed by atoms with Crippen LogP contribution in [0.15, 0.2) is 42.6 Å². The van der Waals surface area contributed by atoms with Crippen LogP contribution in [0.2, 0.25) is 0 Å². The van der Waals surface area contributed by atoms with Gasteiger partial charge in [0.05, 0.1) is 11.9 Å². The number of carbonyl (C=O) groups excluding carboxylic acids is 2. The maximum Gasteiger partial charge on any atom is 0.274 e. The van der Waals surface area contributed by atoms with Crippen LogP contribution in [0.1, 0.15) is 17.4 Å². The second-order valence-electron chi connectivity index (χ2n) is 5.86. The van der Waals surface area contributed by atoms with Crippen LogP contribution in [0.4, 0.5) is 15.8 Å². The van der Waals surface area contributed by atoms with Gasteiger partial charge < -0.3 is 15.1 Å². The van der Waals surface area contributed by atoms with Gasteiger partial charge in [0.1, 0.15) is 11.5 Å². The van der Waals surface area contributed by atoms with Crippen molar-refractivity contribution in [3.8, 4) is 0 Å². The summed E-state index contributed by atoms with van der Waals surface area (Å²) in [6.45, 7) is 4.39. The third-order valence-electron chi connectivity index (χ3n) is 4.15. The lowest BCUT2D eigenvalue weighted by Gasteiger charge is -2.35. The molecule has 0 saturated carbocycles. The number of carbonyl (C=O) groups is 2. The summed E-state index contributed by atoms with van der Waals surface area (Å²) in [6.07, 6.45) is 1.64. The highest BCUT2D eigenvalue weighted by Crippen LogP contribution is 2.17. The minimum atomic E-state index is -0.411. The molecule has 1 aliphatic heterocycles. The van der Waals surface area contributed by atoms with E-state index in [1.54, 1.807) is 25.3 Å². The molecule has 6 nitrogen and oxygen atoms in total. The standard InChI is InChI=1S/C18H19FN4O2/c1-13(24)22-7-9-23(10-8-22)16-5-6-17(20-12-16)18(25)21-15-4-2-3-14(19)11-15/h2-6,11-12H,7-10H2,1H3,(H,21,25). The van der Waals surface area contributed by atoms with E-state index < -0.39 is 11.7 Å². The molecular weight excluding hydrogens is 323 g/mol. The number of aromatic nitrogens is 1. The van der Waals surface area contributed by atoms with Gasteiger partial charge in [-0.1, -0.05) is 6.07 Å². The number of hydrogen-bond donors (Lipinski definition) is 1. The first-order valence-electron chi connectivity index (χ1n) is 8.06. The third kappa shape index (κ3) is 4.12. The molecule has 0 spiro atoms. The van der Waals surface area contributed by atoms with E-state index in [9.17, 15) is 14.0 Å². The number of nitrogens with zero attached hydrogens (tertiary/aromatic N) is 3. The molecule has 2 aromatic rings. The van der Waals surface area contributed by atoms with Crippen molar-refractivity contribution in [2.24, 2.45) is 0 Å². The Morgan fingerprint density at radius 3 is 2.48 bits per heavy atom. The van der Waals surface area contributed by atoms with Gasteiger partial charge >= 0.3 is 0 Å². The van der Waals surface area contributed by atoms with E-state index in [1.807, 2.05) is 11.0 Å². The summed E-state index contributed by atoms with van der Waals surface area (Å²) >= 11 is 0. The number of amides is 2. The molecule has 1 N–H and O–H groups in total. The lowest BCUT2D eigenvalue weighted by atomic mass is 10.2. The lowest BCUT2D eigenvalue weighted by Crippen LogP contribution is -2.48. The van der Waals surface area contributed by atoms with E-state index >= 15 is 0 Å². The summed E-state index contributed by atoms with van der Waals surface area (Å²) < 4.78 is 13.2. The SMILES string of the molecule is CC(=O)N1CCN(c2ccc(C(=O)Nc3cccc(F)c3)nc2)CC1. The van der Waals surface area contributed by atoms with E-state index in [2.05, 4.69) is 15.2 Å². The minimum Gasteiger partial charge on any atom is -0.367 e. The zero-order valence-electron chi connectivity index (χ0n) is 13.9. The van der Waals surface area contributed by atoms with Crippen molar-refractivity contribution in [3.05, 3.63) is 54.1 Å². The smallest absolute Gasteiger partial charge is 0.274 e. The van der Waals surface area contributed by atoms with E-state index in [0.717, 1.165) is 18.8 Å². The Kier molecular flexibility index (Phi) is 4.92. The Balaban J connectivity index is 1.62. The van der Waals surface area contributed by atoms with Gasteiger partial charge in [0.25, 0.3) is 5.91 Å². The van der Waals surface area contributed by atoms with Crippen LogP contribution >= 0.6 is 0 Å². The molecule has 0 aliphatic carbocycles. The molecule has 0 unspecified atom stereocenters. The van der Waals surface area contributed by atoms with Crippen molar-refractivity contribution in [3.63, 3.8) is 0 Å². The second-order valence-corrected chi connectivity index (χ2v) is 5.86. The first-order chi connectivity index (χ1) is 12.0. The normalized spacial score (nSPS) is 14.3. The second kappa shape index (κ2) is 7.29. The number of anilines is 2. The van der Waals surface area contributed by atoms with Crippen molar-refractivity contribution in [2.45, 2.75) is 6.92 Å². The van der Waals surface area contributed by atoms with Gasteiger partial charge in [-0.15, -0.1) is 0 Å². The van der Waals surface area contributed by atoms with Gasteiger partial charge in [-0.25, -0.2) is 9.37 Å². The number of nitrogens with one attached hydrogen (secondary N) is 1. The third-order valence-corrected chi connectivity index (χ3v) is 4.15. The zero-order chi connectivity index (χ0) is 17.8. The van der Waals surface area contributed by atoms with Gasteiger partial charge in [-0.3, -0.25) is 9.59 Å². The highest BCUT2D eigenvalue weighted by molar-refractivity contribution is 6.02. The van der Waals surface area contributed by atoms with Gasteiger partial charge in [0.2, 0.25) is 5.91 Å². The predicted octanol–water partition coefficient (Wildman–Crippen LogP) is 2.14. The number of pyridine rings is 1. The maximum atomic E-state index is 13.2. The summed E-state index contributed by atoms with van der Waals surface area (Å²) in [5.41, 5.74) is 1.55. The molecule has 1 fully saturated rings. The molecule has 2 heterocycles. The summed E-state index contributed by atoms with van der Waals surface area (Å²) in [5.74, 6) is -0.716. The molecule has 1 aromatic carbocycles. The first kappa shape index (κ1) is 16.9. The molecular formula is C18H19FN4O2. The Labute approximate surface area is 145 Å².